The van der Waals surface area contributed by atoms with Crippen molar-refractivity contribution in [3.63, 3.8) is 0 Å². The molecule has 2 aromatic carbocycles. The number of rotatable bonds is 6. The van der Waals surface area contributed by atoms with Crippen molar-refractivity contribution in [2.24, 2.45) is 0 Å². The first kappa shape index (κ1) is 15.0. The van der Waals surface area contributed by atoms with Gasteiger partial charge in [-0.1, -0.05) is 48.5 Å². The summed E-state index contributed by atoms with van der Waals surface area (Å²) in [6, 6.07) is 21.7. The van der Waals surface area contributed by atoms with Crippen LogP contribution in [0.1, 0.15) is 16.7 Å². The van der Waals surface area contributed by atoms with Gasteiger partial charge in [0.05, 0.1) is 0 Å². The molecule has 3 heteroatoms. The van der Waals surface area contributed by atoms with E-state index in [4.69, 9.17) is 4.74 Å². The Kier molecular flexibility index (Phi) is 4.79. The van der Waals surface area contributed by atoms with Gasteiger partial charge in [-0.05, 0) is 29.7 Å². The van der Waals surface area contributed by atoms with E-state index in [1.165, 1.54) is 5.56 Å². The van der Waals surface area contributed by atoms with E-state index in [0.717, 1.165) is 23.8 Å². The quantitative estimate of drug-likeness (QED) is 0.640. The molecule has 1 aromatic heterocycles. The van der Waals surface area contributed by atoms with Crippen LogP contribution < -0.4 is 4.74 Å². The Morgan fingerprint density at radius 2 is 1.74 bits per heavy atom. The largest absolute Gasteiger partial charge is 0.439 e. The van der Waals surface area contributed by atoms with E-state index < -0.39 is 0 Å². The van der Waals surface area contributed by atoms with Gasteiger partial charge in [0.25, 0.3) is 0 Å². The van der Waals surface area contributed by atoms with Gasteiger partial charge in [-0.25, -0.2) is 4.98 Å². The highest BCUT2D eigenvalue weighted by Crippen LogP contribution is 2.26. The molecule has 3 nitrogen and oxygen atoms in total. The highest BCUT2D eigenvalue weighted by atomic mass is 16.5. The second kappa shape index (κ2) is 7.36. The number of carbonyl (C=O) groups excluding carboxylic acids is 1. The van der Waals surface area contributed by atoms with Crippen LogP contribution in [0.3, 0.4) is 0 Å². The first-order valence-electron chi connectivity index (χ1n) is 7.53. The molecule has 0 saturated heterocycles. The molecule has 0 aliphatic heterocycles. The second-order valence-corrected chi connectivity index (χ2v) is 5.25. The third-order valence-electron chi connectivity index (χ3n) is 3.53. The molecule has 3 aromatic rings. The van der Waals surface area contributed by atoms with Crippen LogP contribution in [0.15, 0.2) is 72.9 Å². The van der Waals surface area contributed by atoms with Gasteiger partial charge in [-0.3, -0.25) is 0 Å². The summed E-state index contributed by atoms with van der Waals surface area (Å²) in [5.74, 6) is 1.20. The minimum absolute atomic E-state index is 0.324. The lowest BCUT2D eigenvalue weighted by Crippen LogP contribution is -1.97. The zero-order chi connectivity index (χ0) is 15.9. The fourth-order valence-corrected chi connectivity index (χ4v) is 2.44. The van der Waals surface area contributed by atoms with Gasteiger partial charge < -0.3 is 9.53 Å². The Morgan fingerprint density at radius 1 is 0.913 bits per heavy atom. The van der Waals surface area contributed by atoms with Crippen molar-refractivity contribution in [3.05, 3.63) is 89.6 Å². The normalized spacial score (nSPS) is 10.3. The molecular formula is C20H17NO2. The highest BCUT2D eigenvalue weighted by molar-refractivity contribution is 5.58. The number of hydrogen-bond acceptors (Lipinski definition) is 3. The second-order valence-electron chi connectivity index (χ2n) is 5.25. The van der Waals surface area contributed by atoms with Crippen molar-refractivity contribution in [2.75, 3.05) is 0 Å². The Labute approximate surface area is 135 Å². The number of ether oxygens (including phenoxy) is 1. The first-order valence-corrected chi connectivity index (χ1v) is 7.53. The predicted octanol–water partition coefficient (Wildman–Crippen LogP) is 4.21. The summed E-state index contributed by atoms with van der Waals surface area (Å²) in [5, 5.41) is 0. The number of benzene rings is 2. The van der Waals surface area contributed by atoms with Gasteiger partial charge >= 0.3 is 0 Å². The van der Waals surface area contributed by atoms with E-state index in [0.29, 0.717) is 18.1 Å². The number of pyridine rings is 1. The minimum atomic E-state index is 0.324. The molecule has 0 radical (unpaired) electrons. The number of nitrogens with zero attached hydrogens (tertiary/aromatic N) is 1. The molecule has 3 rings (SSSR count). The summed E-state index contributed by atoms with van der Waals surface area (Å²) in [4.78, 5) is 15.1. The van der Waals surface area contributed by atoms with Crippen LogP contribution in [0.4, 0.5) is 0 Å². The summed E-state index contributed by atoms with van der Waals surface area (Å²) >= 11 is 0. The molecule has 0 aliphatic rings. The molecule has 114 valence electrons. The Bertz CT molecular complexity index is 770. The molecule has 0 atom stereocenters. The summed E-state index contributed by atoms with van der Waals surface area (Å²) in [5.41, 5.74) is 3.27. The lowest BCUT2D eigenvalue weighted by atomic mass is 10.0. The molecule has 0 spiro atoms. The molecule has 0 amide bonds. The molecule has 23 heavy (non-hydrogen) atoms. The van der Waals surface area contributed by atoms with Gasteiger partial charge in [-0.15, -0.1) is 0 Å². The van der Waals surface area contributed by atoms with Crippen LogP contribution in [0, 0.1) is 0 Å². The molecule has 0 unspecified atom stereocenters. The maximum Gasteiger partial charge on any atom is 0.219 e. The van der Waals surface area contributed by atoms with Gasteiger partial charge in [0, 0.05) is 24.2 Å². The van der Waals surface area contributed by atoms with Crippen molar-refractivity contribution in [2.45, 2.75) is 12.8 Å². The standard InChI is InChI=1S/C20H17NO2/c22-13-11-18-15-17(14-16-6-2-1-3-7-16)9-10-19(18)23-20-8-4-5-12-21-20/h1-10,12-13,15H,11,14H2. The summed E-state index contributed by atoms with van der Waals surface area (Å²) in [7, 11) is 0. The van der Waals surface area contributed by atoms with E-state index in [-0.39, 0.29) is 0 Å². The lowest BCUT2D eigenvalue weighted by Gasteiger charge is -2.11. The molecular weight excluding hydrogens is 286 g/mol. The fourth-order valence-electron chi connectivity index (χ4n) is 2.44. The first-order chi connectivity index (χ1) is 11.3. The molecule has 0 fully saturated rings. The SMILES string of the molecule is O=CCc1cc(Cc2ccccc2)ccc1Oc1ccccn1. The average molecular weight is 303 g/mol. The fraction of sp³-hybridized carbons (Fsp3) is 0.100. The van der Waals surface area contributed by atoms with Crippen molar-refractivity contribution < 1.29 is 9.53 Å². The van der Waals surface area contributed by atoms with Crippen molar-refractivity contribution in [1.82, 2.24) is 4.98 Å². The molecule has 0 aliphatic carbocycles. The zero-order valence-electron chi connectivity index (χ0n) is 12.7. The van der Waals surface area contributed by atoms with Crippen molar-refractivity contribution in [3.8, 4) is 11.6 Å². The molecule has 0 bridgehead atoms. The third-order valence-corrected chi connectivity index (χ3v) is 3.53. The third kappa shape index (κ3) is 4.04. The number of aromatic nitrogens is 1. The molecule has 1 heterocycles. The summed E-state index contributed by atoms with van der Waals surface area (Å²) < 4.78 is 5.80. The maximum atomic E-state index is 11.0. The van der Waals surface area contributed by atoms with E-state index >= 15 is 0 Å². The summed E-state index contributed by atoms with van der Waals surface area (Å²) in [6.45, 7) is 0. The van der Waals surface area contributed by atoms with E-state index in [2.05, 4.69) is 17.1 Å². The minimum Gasteiger partial charge on any atom is -0.439 e. The Hall–Kier alpha value is -2.94. The van der Waals surface area contributed by atoms with Crippen LogP contribution in [0.25, 0.3) is 0 Å². The van der Waals surface area contributed by atoms with Gasteiger partial charge in [0.1, 0.15) is 12.0 Å². The highest BCUT2D eigenvalue weighted by Gasteiger charge is 2.07. The van der Waals surface area contributed by atoms with Crippen LogP contribution in [-0.4, -0.2) is 11.3 Å². The molecule has 0 N–H and O–H groups in total. The smallest absolute Gasteiger partial charge is 0.219 e. The zero-order valence-corrected chi connectivity index (χ0v) is 12.7. The number of aldehydes is 1. The van der Waals surface area contributed by atoms with Gasteiger partial charge in [0.15, 0.2) is 0 Å². The van der Waals surface area contributed by atoms with Crippen LogP contribution in [0.5, 0.6) is 11.6 Å². The van der Waals surface area contributed by atoms with Crippen LogP contribution >= 0.6 is 0 Å². The van der Waals surface area contributed by atoms with Crippen LogP contribution in [-0.2, 0) is 17.6 Å². The van der Waals surface area contributed by atoms with E-state index in [9.17, 15) is 4.79 Å². The maximum absolute atomic E-state index is 11.0. The van der Waals surface area contributed by atoms with Crippen LogP contribution in [0.2, 0.25) is 0 Å². The van der Waals surface area contributed by atoms with Gasteiger partial charge in [0.2, 0.25) is 5.88 Å². The van der Waals surface area contributed by atoms with Crippen molar-refractivity contribution in [1.29, 1.82) is 0 Å². The Morgan fingerprint density at radius 3 is 2.48 bits per heavy atom. The Balaban J connectivity index is 1.84. The predicted molar refractivity (Wildman–Crippen MR) is 89.8 cm³/mol. The van der Waals surface area contributed by atoms with E-state index in [1.807, 2.05) is 48.5 Å². The van der Waals surface area contributed by atoms with Gasteiger partial charge in [-0.2, -0.15) is 0 Å². The number of carbonyl (C=O) groups is 1. The van der Waals surface area contributed by atoms with Crippen molar-refractivity contribution >= 4 is 6.29 Å². The lowest BCUT2D eigenvalue weighted by molar-refractivity contribution is -0.107. The average Bonchev–Trinajstić information content (AvgIpc) is 2.59. The number of hydrogen-bond donors (Lipinski definition) is 0. The topological polar surface area (TPSA) is 39.2 Å². The molecule has 0 saturated carbocycles. The summed E-state index contributed by atoms with van der Waals surface area (Å²) in [6.07, 6.45) is 3.73. The van der Waals surface area contributed by atoms with E-state index in [1.54, 1.807) is 12.3 Å². The monoisotopic (exact) mass is 303 g/mol.